The molecule has 1 aliphatic heterocycles. The van der Waals surface area contributed by atoms with Crippen LogP contribution in [0.15, 0.2) is 101 Å². The van der Waals surface area contributed by atoms with Gasteiger partial charge in [0.15, 0.2) is 16.7 Å². The maximum atomic E-state index is 13.4. The van der Waals surface area contributed by atoms with E-state index in [1.807, 2.05) is 84.9 Å². The van der Waals surface area contributed by atoms with Crippen molar-refractivity contribution in [1.82, 2.24) is 0 Å². The Bertz CT molecular complexity index is 1170. The van der Waals surface area contributed by atoms with E-state index in [2.05, 4.69) is 6.58 Å². The Labute approximate surface area is 191 Å². The summed E-state index contributed by atoms with van der Waals surface area (Å²) in [5.41, 5.74) is 2.39. The summed E-state index contributed by atoms with van der Waals surface area (Å²) < 4.78 is 11.1. The van der Waals surface area contributed by atoms with Crippen molar-refractivity contribution in [2.75, 3.05) is 18.6 Å². The third-order valence-corrected chi connectivity index (χ3v) is 5.61. The number of hydrogen-bond acceptors (Lipinski definition) is 5. The molecule has 3 aromatic rings. The molecule has 4 rings (SSSR count). The third-order valence-electron chi connectivity index (χ3n) is 4.64. The fraction of sp³-hybridized carbons (Fsp3) is 0.0769. The van der Waals surface area contributed by atoms with E-state index in [0.29, 0.717) is 28.2 Å². The zero-order valence-electron chi connectivity index (χ0n) is 17.6. The molecule has 1 amide bonds. The van der Waals surface area contributed by atoms with Crippen LogP contribution >= 0.6 is 11.8 Å². The Morgan fingerprint density at radius 2 is 1.72 bits per heavy atom. The van der Waals surface area contributed by atoms with Crippen molar-refractivity contribution in [3.8, 4) is 11.5 Å². The number of methoxy groups -OCH3 is 1. The number of amides is 1. The van der Waals surface area contributed by atoms with E-state index < -0.39 is 0 Å². The zero-order chi connectivity index (χ0) is 22.3. The van der Waals surface area contributed by atoms with Gasteiger partial charge in [-0.2, -0.15) is 0 Å². The summed E-state index contributed by atoms with van der Waals surface area (Å²) in [6.07, 6.45) is 3.52. The summed E-state index contributed by atoms with van der Waals surface area (Å²) in [7, 11) is 1.59. The number of ether oxygens (including phenoxy) is 2. The highest BCUT2D eigenvalue weighted by Gasteiger charge is 2.34. The number of carbonyl (C=O) groups is 1. The number of thioether (sulfide) groups is 1. The quantitative estimate of drug-likeness (QED) is 0.329. The minimum absolute atomic E-state index is 0.123. The number of anilines is 1. The number of carbonyl (C=O) groups excluding carboxylic acids is 1. The molecular formula is C26H22N2O3S. The van der Waals surface area contributed by atoms with Crippen molar-refractivity contribution in [3.05, 3.63) is 102 Å². The Hall–Kier alpha value is -3.77. The second-order valence-electron chi connectivity index (χ2n) is 6.83. The Balaban J connectivity index is 1.71. The molecule has 3 aromatic carbocycles. The number of aliphatic imine (C=N–C) groups is 1. The Morgan fingerprint density at radius 3 is 2.41 bits per heavy atom. The van der Waals surface area contributed by atoms with Crippen LogP contribution < -0.4 is 14.4 Å². The van der Waals surface area contributed by atoms with Gasteiger partial charge in [0.05, 0.1) is 23.4 Å². The molecule has 0 unspecified atom stereocenters. The third kappa shape index (κ3) is 4.76. The Morgan fingerprint density at radius 1 is 1.00 bits per heavy atom. The Kier molecular flexibility index (Phi) is 6.72. The molecule has 0 bridgehead atoms. The second-order valence-corrected chi connectivity index (χ2v) is 7.84. The van der Waals surface area contributed by atoms with Gasteiger partial charge in [-0.3, -0.25) is 9.69 Å². The summed E-state index contributed by atoms with van der Waals surface area (Å²) in [4.78, 5) is 20.3. The lowest BCUT2D eigenvalue weighted by molar-refractivity contribution is -0.113. The molecule has 0 spiro atoms. The van der Waals surface area contributed by atoms with E-state index in [9.17, 15) is 4.79 Å². The molecule has 0 N–H and O–H groups in total. The van der Waals surface area contributed by atoms with Crippen LogP contribution in [0.4, 0.5) is 11.4 Å². The first-order valence-corrected chi connectivity index (χ1v) is 10.9. The molecule has 32 heavy (non-hydrogen) atoms. The van der Waals surface area contributed by atoms with Crippen molar-refractivity contribution in [3.63, 3.8) is 0 Å². The van der Waals surface area contributed by atoms with E-state index in [-0.39, 0.29) is 5.91 Å². The van der Waals surface area contributed by atoms with Crippen molar-refractivity contribution in [1.29, 1.82) is 0 Å². The van der Waals surface area contributed by atoms with E-state index >= 15 is 0 Å². The average Bonchev–Trinajstić information content (AvgIpc) is 3.13. The predicted molar refractivity (Wildman–Crippen MR) is 132 cm³/mol. The topological polar surface area (TPSA) is 51.1 Å². The molecule has 0 aliphatic carbocycles. The number of amidine groups is 1. The van der Waals surface area contributed by atoms with Gasteiger partial charge in [0.25, 0.3) is 5.91 Å². The number of para-hydroxylation sites is 2. The molecule has 0 saturated carbocycles. The first kappa shape index (κ1) is 21.5. The van der Waals surface area contributed by atoms with Crippen molar-refractivity contribution < 1.29 is 14.3 Å². The van der Waals surface area contributed by atoms with Crippen molar-refractivity contribution in [2.45, 2.75) is 0 Å². The molecule has 1 saturated heterocycles. The molecule has 1 aliphatic rings. The normalized spacial score (nSPS) is 15.9. The average molecular weight is 443 g/mol. The number of hydrogen-bond donors (Lipinski definition) is 0. The van der Waals surface area contributed by atoms with Crippen LogP contribution in [0.25, 0.3) is 6.08 Å². The van der Waals surface area contributed by atoms with Gasteiger partial charge >= 0.3 is 0 Å². The highest BCUT2D eigenvalue weighted by molar-refractivity contribution is 8.19. The molecule has 1 fully saturated rings. The maximum absolute atomic E-state index is 13.4. The highest BCUT2D eigenvalue weighted by atomic mass is 32.2. The molecule has 5 nitrogen and oxygen atoms in total. The summed E-state index contributed by atoms with van der Waals surface area (Å²) in [5, 5.41) is 0.608. The predicted octanol–water partition coefficient (Wildman–Crippen LogP) is 6.07. The molecule has 0 atom stereocenters. The van der Waals surface area contributed by atoms with Crippen LogP contribution in [0.2, 0.25) is 0 Å². The van der Waals surface area contributed by atoms with Crippen LogP contribution in [-0.4, -0.2) is 24.8 Å². The SMILES string of the molecule is C=CCOc1ccc(/C=C2\SC(=Nc3ccccc3)N(c3ccccc3)C2=O)cc1OC. The van der Waals surface area contributed by atoms with Crippen LogP contribution in [0, 0.1) is 0 Å². The van der Waals surface area contributed by atoms with Gasteiger partial charge in [0.1, 0.15) is 6.61 Å². The highest BCUT2D eigenvalue weighted by Crippen LogP contribution is 2.38. The summed E-state index contributed by atoms with van der Waals surface area (Å²) in [6, 6.07) is 24.7. The first-order chi connectivity index (χ1) is 15.7. The lowest BCUT2D eigenvalue weighted by atomic mass is 10.2. The molecule has 1 heterocycles. The second kappa shape index (κ2) is 10.0. The molecule has 6 heteroatoms. The van der Waals surface area contributed by atoms with Crippen LogP contribution in [0.1, 0.15) is 5.56 Å². The number of rotatable bonds is 7. The van der Waals surface area contributed by atoms with E-state index in [0.717, 1.165) is 16.9 Å². The maximum Gasteiger partial charge on any atom is 0.271 e. The number of nitrogens with zero attached hydrogens (tertiary/aromatic N) is 2. The largest absolute Gasteiger partial charge is 0.493 e. The van der Waals surface area contributed by atoms with Gasteiger partial charge in [0, 0.05) is 0 Å². The molecule has 0 radical (unpaired) electrons. The zero-order valence-corrected chi connectivity index (χ0v) is 18.4. The smallest absolute Gasteiger partial charge is 0.271 e. The van der Waals surface area contributed by atoms with Crippen LogP contribution in [-0.2, 0) is 4.79 Å². The lowest BCUT2D eigenvalue weighted by Crippen LogP contribution is -2.28. The minimum Gasteiger partial charge on any atom is -0.493 e. The summed E-state index contributed by atoms with van der Waals surface area (Å²) in [5.74, 6) is 1.09. The molecule has 0 aromatic heterocycles. The van der Waals surface area contributed by atoms with Gasteiger partial charge < -0.3 is 9.47 Å². The lowest BCUT2D eigenvalue weighted by Gasteiger charge is -2.15. The van der Waals surface area contributed by atoms with Gasteiger partial charge in [-0.25, -0.2) is 4.99 Å². The van der Waals surface area contributed by atoms with Crippen molar-refractivity contribution >= 4 is 40.3 Å². The summed E-state index contributed by atoms with van der Waals surface area (Å²) >= 11 is 1.35. The van der Waals surface area contributed by atoms with E-state index in [1.54, 1.807) is 18.1 Å². The van der Waals surface area contributed by atoms with Gasteiger partial charge in [-0.15, -0.1) is 0 Å². The van der Waals surface area contributed by atoms with E-state index in [4.69, 9.17) is 14.5 Å². The number of benzene rings is 3. The fourth-order valence-corrected chi connectivity index (χ4v) is 4.16. The fourth-order valence-electron chi connectivity index (χ4n) is 3.16. The van der Waals surface area contributed by atoms with Gasteiger partial charge in [-0.05, 0) is 59.8 Å². The monoisotopic (exact) mass is 442 g/mol. The van der Waals surface area contributed by atoms with Crippen LogP contribution in [0.5, 0.6) is 11.5 Å². The standard InChI is InChI=1S/C26H22N2O3S/c1-3-16-31-22-15-14-19(17-23(22)30-2)18-24-25(29)28(21-12-8-5-9-13-21)26(32-24)27-20-10-6-4-7-11-20/h3-15,17-18H,1,16H2,2H3/b24-18-,27-26?. The molecular weight excluding hydrogens is 420 g/mol. The summed E-state index contributed by atoms with van der Waals surface area (Å²) in [6.45, 7) is 4.05. The van der Waals surface area contributed by atoms with Gasteiger partial charge in [-0.1, -0.05) is 55.1 Å². The van der Waals surface area contributed by atoms with Crippen LogP contribution in [0.3, 0.4) is 0 Å². The van der Waals surface area contributed by atoms with Crippen molar-refractivity contribution in [2.24, 2.45) is 4.99 Å². The first-order valence-electron chi connectivity index (χ1n) is 10.0. The minimum atomic E-state index is -0.123. The molecule has 160 valence electrons. The van der Waals surface area contributed by atoms with Gasteiger partial charge in [0.2, 0.25) is 0 Å². The van der Waals surface area contributed by atoms with E-state index in [1.165, 1.54) is 11.8 Å².